The number of benzene rings is 4. The van der Waals surface area contributed by atoms with E-state index in [0.29, 0.717) is 11.1 Å². The fourth-order valence-corrected chi connectivity index (χ4v) is 8.56. The van der Waals surface area contributed by atoms with Crippen LogP contribution < -0.4 is 9.80 Å². The first-order chi connectivity index (χ1) is 22.5. The van der Waals surface area contributed by atoms with Gasteiger partial charge in [0.2, 0.25) is 0 Å². The Balaban J connectivity index is 1.39. The summed E-state index contributed by atoms with van der Waals surface area (Å²) in [6.07, 6.45) is 6.82. The molecular weight excluding hydrogens is 572 g/mol. The summed E-state index contributed by atoms with van der Waals surface area (Å²) in [6, 6.07) is 28.5. The van der Waals surface area contributed by atoms with Crippen molar-refractivity contribution in [3.8, 4) is 0 Å². The molecule has 0 radical (unpaired) electrons. The number of nitrogens with zero attached hydrogens (tertiary/aromatic N) is 2. The van der Waals surface area contributed by atoms with Crippen LogP contribution in [0.25, 0.3) is 0 Å². The lowest BCUT2D eigenvalue weighted by Crippen LogP contribution is -2.62. The van der Waals surface area contributed by atoms with Crippen molar-refractivity contribution in [3.05, 3.63) is 130 Å². The van der Waals surface area contributed by atoms with E-state index in [1.54, 1.807) is 72.8 Å². The Hall–Kier alpha value is -4.84. The molecule has 46 heavy (non-hydrogen) atoms. The number of anilines is 2. The summed E-state index contributed by atoms with van der Waals surface area (Å²) in [5, 5.41) is 0. The molecule has 0 N–H and O–H groups in total. The van der Waals surface area contributed by atoms with E-state index in [0.717, 1.165) is 63.2 Å². The molecule has 0 bridgehead atoms. The topological polar surface area (TPSA) is 74.8 Å². The lowest BCUT2D eigenvalue weighted by atomic mass is 9.52. The number of Topliss-reactive ketones (excluding diaryl/α,β-unsaturated/α-hetero) is 4. The van der Waals surface area contributed by atoms with Gasteiger partial charge in [-0.05, 0) is 73.9 Å². The molecule has 2 aliphatic carbocycles. The molecule has 4 aromatic rings. The molecule has 2 saturated heterocycles. The molecule has 6 heteroatoms. The van der Waals surface area contributed by atoms with Gasteiger partial charge in [0, 0.05) is 59.8 Å². The van der Waals surface area contributed by atoms with Crippen molar-refractivity contribution in [2.24, 2.45) is 0 Å². The van der Waals surface area contributed by atoms with Crippen molar-refractivity contribution >= 4 is 34.5 Å². The summed E-state index contributed by atoms with van der Waals surface area (Å²) in [6.45, 7) is 3.75. The van der Waals surface area contributed by atoms with Gasteiger partial charge in [0.1, 0.15) is 10.8 Å². The summed E-state index contributed by atoms with van der Waals surface area (Å²) < 4.78 is 0. The average molecular weight is 609 g/mol. The quantitative estimate of drug-likeness (QED) is 0.227. The minimum Gasteiger partial charge on any atom is -0.372 e. The van der Waals surface area contributed by atoms with Crippen LogP contribution in [-0.2, 0) is 10.8 Å². The van der Waals surface area contributed by atoms with E-state index in [2.05, 4.69) is 9.80 Å². The standard InChI is InChI=1S/C40H36N2O4/c43-35-31-11-3-4-12-32(31)36(44)39(35,27-15-19-29(20-16-27)41-23-7-1-8-24-41)40(37(45)33-13-5-6-14-34(33)38(40)46)28-17-21-30(22-18-28)42-25-9-2-10-26-42/h3-6,11-22H,1-2,7-10,23-26H2. The van der Waals surface area contributed by atoms with Gasteiger partial charge >= 0.3 is 0 Å². The summed E-state index contributed by atoms with van der Waals surface area (Å²) in [5.41, 5.74) is -0.511. The van der Waals surface area contributed by atoms with Gasteiger partial charge in [-0.1, -0.05) is 72.8 Å². The lowest BCUT2D eigenvalue weighted by Gasteiger charge is -2.42. The zero-order chi connectivity index (χ0) is 31.5. The van der Waals surface area contributed by atoms with Crippen LogP contribution in [0.5, 0.6) is 0 Å². The maximum absolute atomic E-state index is 15.1. The maximum Gasteiger partial charge on any atom is 0.183 e. The molecule has 0 amide bonds. The average Bonchev–Trinajstić information content (AvgIpc) is 3.49. The highest BCUT2D eigenvalue weighted by atomic mass is 16.2. The number of hydrogen-bond acceptors (Lipinski definition) is 6. The molecule has 230 valence electrons. The van der Waals surface area contributed by atoms with Crippen LogP contribution in [0.4, 0.5) is 11.4 Å². The van der Waals surface area contributed by atoms with Crippen LogP contribution in [0.1, 0.15) is 91.1 Å². The first kappa shape index (κ1) is 28.6. The fourth-order valence-electron chi connectivity index (χ4n) is 8.56. The van der Waals surface area contributed by atoms with Gasteiger partial charge in [-0.3, -0.25) is 19.2 Å². The van der Waals surface area contributed by atoms with Crippen molar-refractivity contribution in [2.75, 3.05) is 36.0 Å². The monoisotopic (exact) mass is 608 g/mol. The van der Waals surface area contributed by atoms with Crippen LogP contribution in [0.15, 0.2) is 97.1 Å². The molecule has 0 saturated carbocycles. The van der Waals surface area contributed by atoms with Crippen LogP contribution >= 0.6 is 0 Å². The Labute approximate surface area is 269 Å². The van der Waals surface area contributed by atoms with E-state index >= 15 is 19.2 Å². The van der Waals surface area contributed by atoms with Gasteiger partial charge in [-0.15, -0.1) is 0 Å². The minimum absolute atomic E-state index is 0.244. The molecular formula is C40H36N2O4. The molecule has 4 aromatic carbocycles. The van der Waals surface area contributed by atoms with Crippen LogP contribution in [0, 0.1) is 0 Å². The van der Waals surface area contributed by atoms with E-state index in [4.69, 9.17) is 0 Å². The predicted molar refractivity (Wildman–Crippen MR) is 179 cm³/mol. The summed E-state index contributed by atoms with van der Waals surface area (Å²) in [5.74, 6) is -2.02. The van der Waals surface area contributed by atoms with E-state index in [-0.39, 0.29) is 22.3 Å². The SMILES string of the molecule is O=C1c2ccccc2C(=O)C1(c1ccc(N2CCCCC2)cc1)C1(c2ccc(N3CCCCC3)cc2)C(=O)c2ccccc2C1=O. The van der Waals surface area contributed by atoms with Gasteiger partial charge in [-0.2, -0.15) is 0 Å². The van der Waals surface area contributed by atoms with Crippen LogP contribution in [0.2, 0.25) is 0 Å². The molecule has 0 unspecified atom stereocenters. The van der Waals surface area contributed by atoms with E-state index < -0.39 is 34.0 Å². The molecule has 2 heterocycles. The van der Waals surface area contributed by atoms with Crippen molar-refractivity contribution in [1.82, 2.24) is 0 Å². The second-order valence-corrected chi connectivity index (χ2v) is 13.1. The molecule has 8 rings (SSSR count). The maximum atomic E-state index is 15.1. The minimum atomic E-state index is -2.11. The Morgan fingerprint density at radius 1 is 0.370 bits per heavy atom. The Morgan fingerprint density at radius 2 is 0.652 bits per heavy atom. The van der Waals surface area contributed by atoms with E-state index in [9.17, 15) is 0 Å². The third kappa shape index (κ3) is 3.82. The Bertz CT molecular complexity index is 1670. The predicted octanol–water partition coefficient (Wildman–Crippen LogP) is 7.00. The number of carbonyl (C=O) groups excluding carboxylic acids is 4. The van der Waals surface area contributed by atoms with Gasteiger partial charge in [0.25, 0.3) is 0 Å². The van der Waals surface area contributed by atoms with Crippen LogP contribution in [0.3, 0.4) is 0 Å². The molecule has 4 aliphatic rings. The number of rotatable bonds is 5. The van der Waals surface area contributed by atoms with Crippen LogP contribution in [-0.4, -0.2) is 49.3 Å². The number of ketones is 4. The number of piperidine rings is 2. The van der Waals surface area contributed by atoms with E-state index in [1.165, 1.54) is 12.8 Å². The molecule has 0 spiro atoms. The van der Waals surface area contributed by atoms with Crippen molar-refractivity contribution in [3.63, 3.8) is 0 Å². The number of carbonyl (C=O) groups is 4. The molecule has 0 aromatic heterocycles. The van der Waals surface area contributed by atoms with E-state index in [1.807, 2.05) is 24.3 Å². The fraction of sp³-hybridized carbons (Fsp3) is 0.300. The first-order valence-electron chi connectivity index (χ1n) is 16.6. The highest BCUT2D eigenvalue weighted by molar-refractivity contribution is 6.45. The van der Waals surface area contributed by atoms with Gasteiger partial charge < -0.3 is 9.80 Å². The smallest absolute Gasteiger partial charge is 0.183 e. The third-order valence-electron chi connectivity index (χ3n) is 10.8. The second-order valence-electron chi connectivity index (χ2n) is 13.1. The van der Waals surface area contributed by atoms with Gasteiger partial charge in [0.15, 0.2) is 23.1 Å². The highest BCUT2D eigenvalue weighted by Crippen LogP contribution is 2.58. The lowest BCUT2D eigenvalue weighted by molar-refractivity contribution is 0.0557. The third-order valence-corrected chi connectivity index (χ3v) is 10.8. The first-order valence-corrected chi connectivity index (χ1v) is 16.6. The zero-order valence-electron chi connectivity index (χ0n) is 25.8. The molecule has 0 atom stereocenters. The number of hydrogen-bond donors (Lipinski definition) is 0. The highest BCUT2D eigenvalue weighted by Gasteiger charge is 2.75. The summed E-state index contributed by atoms with van der Waals surface area (Å²) >= 11 is 0. The Morgan fingerprint density at radius 3 is 0.935 bits per heavy atom. The summed E-state index contributed by atoms with van der Waals surface area (Å²) in [4.78, 5) is 65.0. The molecule has 2 fully saturated rings. The summed E-state index contributed by atoms with van der Waals surface area (Å²) in [7, 11) is 0. The van der Waals surface area contributed by atoms with Crippen molar-refractivity contribution in [2.45, 2.75) is 49.4 Å². The van der Waals surface area contributed by atoms with Gasteiger partial charge in [0.05, 0.1) is 0 Å². The molecule has 6 nitrogen and oxygen atoms in total. The number of fused-ring (bicyclic) bond motifs is 2. The normalized spacial score (nSPS) is 20.2. The second kappa shape index (κ2) is 10.9. The van der Waals surface area contributed by atoms with Crippen molar-refractivity contribution in [1.29, 1.82) is 0 Å². The van der Waals surface area contributed by atoms with Gasteiger partial charge in [-0.25, -0.2) is 0 Å². The largest absolute Gasteiger partial charge is 0.372 e. The zero-order valence-corrected chi connectivity index (χ0v) is 25.8. The molecule has 2 aliphatic heterocycles. The Kier molecular flexibility index (Phi) is 6.78. The van der Waals surface area contributed by atoms with Crippen molar-refractivity contribution < 1.29 is 19.2 Å².